The van der Waals surface area contributed by atoms with E-state index in [1.54, 1.807) is 24.4 Å². The maximum atomic E-state index is 14.1. The molecule has 2 aliphatic rings. The summed E-state index contributed by atoms with van der Waals surface area (Å²) in [7, 11) is 0. The van der Waals surface area contributed by atoms with Crippen LogP contribution in [0.4, 0.5) is 24.7 Å². The van der Waals surface area contributed by atoms with Gasteiger partial charge in [-0.3, -0.25) is 19.6 Å². The lowest BCUT2D eigenvalue weighted by Crippen LogP contribution is -2.35. The van der Waals surface area contributed by atoms with E-state index in [9.17, 15) is 33.4 Å². The number of aliphatic hydroxyl groups excluding tert-OH is 1. The molecule has 5 heterocycles. The number of piperidine rings is 1. The lowest BCUT2D eigenvalue weighted by atomic mass is 9.93. The van der Waals surface area contributed by atoms with Gasteiger partial charge in [0.15, 0.2) is 11.4 Å². The Morgan fingerprint density at radius 1 is 0.912 bits per heavy atom. The van der Waals surface area contributed by atoms with Gasteiger partial charge < -0.3 is 19.9 Å². The number of carbonyl (C=O) groups is 1. The summed E-state index contributed by atoms with van der Waals surface area (Å²) in [6, 6.07) is 18.7. The first-order chi connectivity index (χ1) is 27.3. The van der Waals surface area contributed by atoms with Crippen molar-refractivity contribution in [3.63, 3.8) is 0 Å². The molecule has 15 heteroatoms. The lowest BCUT2D eigenvalue weighted by Gasteiger charge is -2.30. The number of hydrogen-bond donors (Lipinski definition) is 3. The minimum Gasteiger partial charge on any atom is -0.481 e. The molecule has 0 aliphatic carbocycles. The van der Waals surface area contributed by atoms with Crippen LogP contribution in [0, 0.1) is 31.1 Å². The number of pyridine rings is 1. The van der Waals surface area contributed by atoms with Crippen LogP contribution in [0.25, 0.3) is 44.7 Å². The molecule has 1 unspecified atom stereocenters. The second-order valence-corrected chi connectivity index (χ2v) is 14.9. The number of carboxylic acids is 1. The van der Waals surface area contributed by atoms with E-state index in [2.05, 4.69) is 31.2 Å². The number of nitrogens with zero attached hydrogens (tertiary/aromatic N) is 7. The van der Waals surface area contributed by atoms with Crippen molar-refractivity contribution in [2.75, 3.05) is 31.5 Å². The number of nitrogens with one attached hydrogen (secondary N) is 1. The molecule has 57 heavy (non-hydrogen) atoms. The number of oxazole rings is 1. The molecule has 8 rings (SSSR count). The first-order valence-corrected chi connectivity index (χ1v) is 18.7. The molecule has 0 spiro atoms. The Hall–Kier alpha value is -5.95. The number of anilines is 2. The number of alkyl halides is 3. The van der Waals surface area contributed by atoms with Gasteiger partial charge in [0.2, 0.25) is 11.7 Å². The quantitative estimate of drug-likeness (QED) is 0.132. The number of β-amino-alcohol motifs (C(OH)–C–C–N with tert-alkyl or cyclic N) is 1. The molecule has 3 N–H and O–H groups in total. The van der Waals surface area contributed by atoms with Gasteiger partial charge in [-0.15, -0.1) is 0 Å². The Balaban J connectivity index is 1.09. The second kappa shape index (κ2) is 15.2. The number of aliphatic hydroxyl groups is 1. The van der Waals surface area contributed by atoms with Crippen LogP contribution in [0.15, 0.2) is 65.2 Å². The Bertz CT molecular complexity index is 2560. The van der Waals surface area contributed by atoms with Crippen molar-refractivity contribution in [2.45, 2.75) is 58.5 Å². The van der Waals surface area contributed by atoms with E-state index in [0.717, 1.165) is 27.8 Å². The highest BCUT2D eigenvalue weighted by Gasteiger charge is 2.36. The van der Waals surface area contributed by atoms with Gasteiger partial charge in [-0.2, -0.15) is 18.4 Å². The first kappa shape index (κ1) is 37.9. The number of aliphatic carboxylic acids is 1. The molecule has 2 saturated heterocycles. The van der Waals surface area contributed by atoms with Crippen molar-refractivity contribution in [1.82, 2.24) is 29.7 Å². The fourth-order valence-corrected chi connectivity index (χ4v) is 7.90. The third-order valence-corrected chi connectivity index (χ3v) is 11.0. The van der Waals surface area contributed by atoms with E-state index in [1.165, 1.54) is 0 Å². The smallest absolute Gasteiger partial charge is 0.451 e. The molecule has 6 aromatic rings. The predicted octanol–water partition coefficient (Wildman–Crippen LogP) is 7.61. The summed E-state index contributed by atoms with van der Waals surface area (Å²) in [6.45, 7) is 7.26. The van der Waals surface area contributed by atoms with Gasteiger partial charge in [-0.1, -0.05) is 24.3 Å². The largest absolute Gasteiger partial charge is 0.481 e. The van der Waals surface area contributed by atoms with E-state index >= 15 is 0 Å². The third kappa shape index (κ3) is 7.76. The van der Waals surface area contributed by atoms with Crippen LogP contribution in [-0.2, 0) is 24.1 Å². The molecule has 12 nitrogen and oxygen atoms in total. The number of fused-ring (bicyclic) bond motifs is 2. The summed E-state index contributed by atoms with van der Waals surface area (Å²) in [5.41, 5.74) is 7.58. The molecule has 0 bridgehead atoms. The predicted molar refractivity (Wildman–Crippen MR) is 206 cm³/mol. The highest BCUT2D eigenvalue weighted by atomic mass is 19.4. The van der Waals surface area contributed by atoms with Crippen LogP contribution in [0.2, 0.25) is 0 Å². The highest BCUT2D eigenvalue weighted by Crippen LogP contribution is 2.38. The second-order valence-electron chi connectivity index (χ2n) is 14.9. The number of likely N-dealkylation sites (tertiary alicyclic amines) is 2. The molecule has 0 radical (unpaired) electrons. The van der Waals surface area contributed by atoms with Crippen LogP contribution >= 0.6 is 0 Å². The number of halogens is 3. The maximum Gasteiger partial charge on any atom is 0.451 e. The van der Waals surface area contributed by atoms with E-state index in [4.69, 9.17) is 9.40 Å². The van der Waals surface area contributed by atoms with E-state index in [0.29, 0.717) is 97.9 Å². The SMILES string of the molecule is Cc1c(Nc2nc(C(F)(F)F)nc3cc(CN4CCC(O)C4)cnc23)cccc1-c1cccc(-c2nc3cc(CN4CCC(C(=O)O)CC4)cc(C#N)c3o2)c1C. The fraction of sp³-hybridized carbons (Fsp3) is 0.333. The zero-order chi connectivity index (χ0) is 40.0. The maximum absolute atomic E-state index is 14.1. The Labute approximate surface area is 325 Å². The van der Waals surface area contributed by atoms with Crippen molar-refractivity contribution < 1.29 is 32.6 Å². The summed E-state index contributed by atoms with van der Waals surface area (Å²) in [4.78, 5) is 32.6. The molecular weight excluding hydrogens is 738 g/mol. The average Bonchev–Trinajstić information content (AvgIpc) is 3.80. The van der Waals surface area contributed by atoms with Crippen LogP contribution in [0.3, 0.4) is 0 Å². The molecule has 2 fully saturated rings. The van der Waals surface area contributed by atoms with Gasteiger partial charge in [0.25, 0.3) is 0 Å². The molecule has 292 valence electrons. The average molecular weight is 777 g/mol. The Morgan fingerprint density at radius 3 is 2.30 bits per heavy atom. The third-order valence-electron chi connectivity index (χ3n) is 11.0. The van der Waals surface area contributed by atoms with Crippen LogP contribution in [0.1, 0.15) is 52.9 Å². The molecular formula is C42H39F3N8O4. The number of hydrogen-bond acceptors (Lipinski definition) is 11. The van der Waals surface area contributed by atoms with Crippen LogP contribution in [-0.4, -0.2) is 78.2 Å². The zero-order valence-electron chi connectivity index (χ0n) is 31.3. The monoisotopic (exact) mass is 776 g/mol. The molecule has 3 aromatic carbocycles. The van der Waals surface area contributed by atoms with Crippen molar-refractivity contribution in [3.05, 3.63) is 94.4 Å². The van der Waals surface area contributed by atoms with Crippen molar-refractivity contribution >= 4 is 39.6 Å². The van der Waals surface area contributed by atoms with Crippen molar-refractivity contribution in [1.29, 1.82) is 5.26 Å². The molecule has 0 amide bonds. The summed E-state index contributed by atoms with van der Waals surface area (Å²) in [5.74, 6) is -2.12. The Kier molecular flexibility index (Phi) is 10.1. The normalized spacial score (nSPS) is 17.0. The van der Waals surface area contributed by atoms with E-state index in [-0.39, 0.29) is 22.8 Å². The molecule has 1 atom stereocenters. The Morgan fingerprint density at radius 2 is 1.60 bits per heavy atom. The van der Waals surface area contributed by atoms with Crippen LogP contribution < -0.4 is 5.32 Å². The standard InChI is InChI=1S/C42H39F3N8O4/c1-23-30(5-3-7-32(23)39-49-35-16-25(15-28(18-46)37(35)57-39)20-52-12-9-27(10-13-52)40(55)56)31-6-4-8-33(24(31)2)48-38-36-34(50-41(51-38)42(43,44)45)17-26(19-47-36)21-53-14-11-29(54)22-53/h3-8,15-17,19,27,29,54H,9-14,20-22H2,1-2H3,(H,55,56)(H,48,50,51). The molecule has 3 aromatic heterocycles. The highest BCUT2D eigenvalue weighted by molar-refractivity contribution is 5.90. The summed E-state index contributed by atoms with van der Waals surface area (Å²) < 4.78 is 48.5. The summed E-state index contributed by atoms with van der Waals surface area (Å²) in [6.07, 6.45) is -1.83. The van der Waals surface area contributed by atoms with Gasteiger partial charge in [-0.25, -0.2) is 15.0 Å². The van der Waals surface area contributed by atoms with E-state index < -0.39 is 24.1 Å². The van der Waals surface area contributed by atoms with Gasteiger partial charge in [-0.05, 0) is 110 Å². The summed E-state index contributed by atoms with van der Waals surface area (Å²) in [5, 5.41) is 32.4. The topological polar surface area (TPSA) is 165 Å². The minimum absolute atomic E-state index is 0.0554. The number of aromatic nitrogens is 4. The first-order valence-electron chi connectivity index (χ1n) is 18.7. The number of nitriles is 1. The van der Waals surface area contributed by atoms with Crippen molar-refractivity contribution in [2.24, 2.45) is 5.92 Å². The van der Waals surface area contributed by atoms with Gasteiger partial charge in [0, 0.05) is 43.6 Å². The van der Waals surface area contributed by atoms with Gasteiger partial charge in [0.05, 0.1) is 23.1 Å². The number of carboxylic acid groups (broad SMARTS) is 1. The molecule has 0 saturated carbocycles. The van der Waals surface area contributed by atoms with Crippen molar-refractivity contribution in [3.8, 4) is 28.7 Å². The lowest BCUT2D eigenvalue weighted by molar-refractivity contribution is -0.145. The van der Waals surface area contributed by atoms with Gasteiger partial charge in [0.1, 0.15) is 17.1 Å². The van der Waals surface area contributed by atoms with Crippen LogP contribution in [0.5, 0.6) is 0 Å². The molecule has 2 aliphatic heterocycles. The minimum atomic E-state index is -4.80. The summed E-state index contributed by atoms with van der Waals surface area (Å²) >= 11 is 0. The number of rotatable bonds is 9. The van der Waals surface area contributed by atoms with E-state index in [1.807, 2.05) is 55.1 Å². The fourth-order valence-electron chi connectivity index (χ4n) is 7.90. The number of benzene rings is 3. The zero-order valence-corrected chi connectivity index (χ0v) is 31.3. The van der Waals surface area contributed by atoms with Gasteiger partial charge >= 0.3 is 12.1 Å².